The molecule has 45 heavy (non-hydrogen) atoms. The number of pyridine rings is 2. The average Bonchev–Trinajstić information content (AvgIpc) is 3.04. The van der Waals surface area contributed by atoms with E-state index in [1.54, 1.807) is 24.3 Å². The quantitative estimate of drug-likeness (QED) is 0.0308. The molecule has 4 rings (SSSR count). The number of halogens is 2. The number of nitrogens with zero attached hydrogens (tertiary/aromatic N) is 4. The first kappa shape index (κ1) is 34.0. The Balaban J connectivity index is 1.05. The van der Waals surface area contributed by atoms with Gasteiger partial charge in [-0.2, -0.15) is 9.13 Å². The van der Waals surface area contributed by atoms with Crippen LogP contribution in [0.15, 0.2) is 97.6 Å². The van der Waals surface area contributed by atoms with Gasteiger partial charge < -0.3 is 10.6 Å². The maximum atomic E-state index is 11.1. The van der Waals surface area contributed by atoms with Crippen LogP contribution in [0.4, 0.5) is 34.1 Å². The summed E-state index contributed by atoms with van der Waals surface area (Å²) in [6.45, 7) is 0. The van der Waals surface area contributed by atoms with Crippen molar-refractivity contribution in [2.45, 2.75) is 67.7 Å². The van der Waals surface area contributed by atoms with E-state index in [0.29, 0.717) is 5.69 Å². The van der Waals surface area contributed by atoms with Gasteiger partial charge in [-0.25, -0.2) is 5.21 Å². The van der Waals surface area contributed by atoms with Crippen LogP contribution in [-0.4, -0.2) is 15.1 Å². The van der Waals surface area contributed by atoms with Crippen molar-refractivity contribution in [3.05, 3.63) is 113 Å². The zero-order valence-corrected chi connectivity index (χ0v) is 28.1. The summed E-state index contributed by atoms with van der Waals surface area (Å²) in [4.78, 5) is 22.0. The summed E-state index contributed by atoms with van der Waals surface area (Å²) < 4.78 is 4.28. The molecule has 0 fully saturated rings. The number of benzene rings is 2. The number of non-ortho nitro benzene ring substituents is 1. The molecule has 0 saturated carbocycles. The highest BCUT2D eigenvalue weighted by molar-refractivity contribution is 9.09. The van der Waals surface area contributed by atoms with Crippen molar-refractivity contribution in [3.8, 4) is 0 Å². The fourth-order valence-electron chi connectivity index (χ4n) is 4.96. The molecule has 4 aromatic rings. The second-order valence-corrected chi connectivity index (χ2v) is 13.0. The Kier molecular flexibility index (Phi) is 13.3. The molecule has 2 atom stereocenters. The Morgan fingerprint density at radius 3 is 1.44 bits per heavy atom. The fraction of sp³-hybridized carbons (Fsp3) is 0.333. The number of alkyl halides is 2. The van der Waals surface area contributed by atoms with Crippen LogP contribution in [0.2, 0.25) is 0 Å². The summed E-state index contributed by atoms with van der Waals surface area (Å²) >= 11 is 7.61. The largest absolute Gasteiger partial charge is 0.355 e. The molecule has 3 N–H and O–H groups in total. The van der Waals surface area contributed by atoms with E-state index in [1.807, 2.05) is 61.2 Å². The zero-order chi connectivity index (χ0) is 32.0. The number of hydrogen-bond donors (Lipinski definition) is 3. The van der Waals surface area contributed by atoms with E-state index in [9.17, 15) is 15.0 Å². The molecule has 12 heteroatoms. The predicted octanol–water partition coefficient (Wildman–Crippen LogP) is 9.45. The maximum Gasteiger partial charge on any atom is 0.318 e. The number of rotatable bonds is 18. The second kappa shape index (κ2) is 17.6. The molecule has 2 aromatic carbocycles. The summed E-state index contributed by atoms with van der Waals surface area (Å²) in [5, 5.41) is 26.6. The van der Waals surface area contributed by atoms with E-state index in [4.69, 9.17) is 5.21 Å². The first-order valence-corrected chi connectivity index (χ1v) is 17.0. The Morgan fingerprint density at radius 1 is 0.622 bits per heavy atom. The van der Waals surface area contributed by atoms with Crippen molar-refractivity contribution in [2.24, 2.45) is 0 Å². The van der Waals surface area contributed by atoms with Crippen LogP contribution in [0.1, 0.15) is 67.7 Å². The zero-order valence-electron chi connectivity index (χ0n) is 25.0. The number of hydrogen-bond acceptors (Lipinski definition) is 5. The van der Waals surface area contributed by atoms with Crippen molar-refractivity contribution >= 4 is 66.0 Å². The molecule has 2 heterocycles. The highest BCUT2D eigenvalue weighted by Crippen LogP contribution is 2.24. The average molecular weight is 744 g/mol. The predicted molar refractivity (Wildman–Crippen MR) is 182 cm³/mol. The first-order valence-electron chi connectivity index (χ1n) is 15.1. The molecule has 0 spiro atoms. The van der Waals surface area contributed by atoms with E-state index in [2.05, 4.69) is 51.6 Å². The lowest BCUT2D eigenvalue weighted by Gasteiger charge is -2.09. The molecule has 0 aliphatic carbocycles. The van der Waals surface area contributed by atoms with Crippen molar-refractivity contribution < 1.29 is 24.2 Å². The van der Waals surface area contributed by atoms with Gasteiger partial charge in [-0.3, -0.25) is 10.1 Å². The maximum absolute atomic E-state index is 11.1. The molecule has 0 amide bonds. The molecular weight excluding hydrogens is 704 g/mol. The normalized spacial score (nSPS) is 12.3. The standard InChI is InChI=1S/C33H37Br2N6O4/c34-32(38-20-16-26(17-21-38)36-28-10-8-12-30(24-28)40(42)43)14-6-4-2-1-3-5-7-15-33(35)39-22-18-27(19-23-39)37-29-11-9-13-31(25-29)41(44)45/h8-13,16-25,32-33H,1-7,14-15H2,(H,42,43)/q+1/p+2. The van der Waals surface area contributed by atoms with Gasteiger partial charge in [-0.15, -0.1) is 0 Å². The first-order chi connectivity index (χ1) is 21.8. The van der Waals surface area contributed by atoms with Crippen LogP contribution in [0, 0.1) is 15.0 Å². The highest BCUT2D eigenvalue weighted by atomic mass is 79.9. The molecule has 0 radical (unpaired) electrons. The topological polar surface area (TPSA) is 115 Å². The minimum Gasteiger partial charge on any atom is -0.355 e. The summed E-state index contributed by atoms with van der Waals surface area (Å²) in [6, 6.07) is 21.1. The molecule has 0 aliphatic heterocycles. The molecule has 0 aliphatic rings. The van der Waals surface area contributed by atoms with Crippen LogP contribution in [-0.2, 0) is 0 Å². The van der Waals surface area contributed by atoms with Gasteiger partial charge in [0.2, 0.25) is 9.90 Å². The monoisotopic (exact) mass is 741 g/mol. The lowest BCUT2D eigenvalue weighted by atomic mass is 10.1. The van der Waals surface area contributed by atoms with Gasteiger partial charge in [0.1, 0.15) is 0 Å². The minimum atomic E-state index is -0.393. The third kappa shape index (κ3) is 11.2. The third-order valence-corrected chi connectivity index (χ3v) is 9.30. The number of aromatic nitrogens is 2. The van der Waals surface area contributed by atoms with Crippen LogP contribution in [0.5, 0.6) is 0 Å². The van der Waals surface area contributed by atoms with Crippen LogP contribution >= 0.6 is 31.9 Å². The summed E-state index contributed by atoms with van der Waals surface area (Å²) in [5.74, 6) is 0. The molecule has 10 nitrogen and oxygen atoms in total. The van der Waals surface area contributed by atoms with E-state index >= 15 is 0 Å². The van der Waals surface area contributed by atoms with Gasteiger partial charge in [-0.1, -0.05) is 44.2 Å². The Hall–Kier alpha value is -3.90. The summed E-state index contributed by atoms with van der Waals surface area (Å²) in [6.07, 6.45) is 18.7. The van der Waals surface area contributed by atoms with Gasteiger partial charge in [0.05, 0.1) is 21.2 Å². The van der Waals surface area contributed by atoms with Gasteiger partial charge >= 0.3 is 5.69 Å². The van der Waals surface area contributed by atoms with E-state index in [-0.39, 0.29) is 26.2 Å². The van der Waals surface area contributed by atoms with E-state index in [0.717, 1.165) is 42.7 Å². The number of nitro groups is 1. The third-order valence-electron chi connectivity index (χ3n) is 7.44. The number of unbranched alkanes of at least 4 members (excludes halogenated alkanes) is 6. The lowest BCUT2D eigenvalue weighted by molar-refractivity contribution is -0.729. The smallest absolute Gasteiger partial charge is 0.318 e. The molecule has 2 unspecified atom stereocenters. The van der Waals surface area contributed by atoms with E-state index in [1.165, 1.54) is 44.2 Å². The minimum absolute atomic E-state index is 0.0653. The number of anilines is 4. The van der Waals surface area contributed by atoms with Crippen LogP contribution < -0.4 is 19.8 Å². The second-order valence-electron chi connectivity index (χ2n) is 10.9. The molecule has 0 bridgehead atoms. The van der Waals surface area contributed by atoms with Gasteiger partial charge in [0.15, 0.2) is 24.8 Å². The number of nitro benzene ring substituents is 1. The van der Waals surface area contributed by atoms with Crippen molar-refractivity contribution in [1.29, 1.82) is 0 Å². The van der Waals surface area contributed by atoms with Crippen LogP contribution in [0.25, 0.3) is 0 Å². The molecule has 2 aromatic heterocycles. The highest BCUT2D eigenvalue weighted by Gasteiger charge is 2.16. The molecule has 0 saturated heterocycles. The molecule has 236 valence electrons. The van der Waals surface area contributed by atoms with Crippen molar-refractivity contribution in [2.75, 3.05) is 10.6 Å². The summed E-state index contributed by atoms with van der Waals surface area (Å²) in [5.41, 5.74) is 3.43. The summed E-state index contributed by atoms with van der Waals surface area (Å²) in [7, 11) is 0. The van der Waals surface area contributed by atoms with E-state index < -0.39 is 4.92 Å². The van der Waals surface area contributed by atoms with Gasteiger partial charge in [-0.05, 0) is 56.8 Å². The van der Waals surface area contributed by atoms with Crippen LogP contribution in [0.3, 0.4) is 0 Å². The lowest BCUT2D eigenvalue weighted by Crippen LogP contribution is -2.35. The number of nitrogens with one attached hydrogen (secondary N) is 2. The Labute approximate surface area is 280 Å². The van der Waals surface area contributed by atoms with Crippen molar-refractivity contribution in [1.82, 2.24) is 0 Å². The Morgan fingerprint density at radius 2 is 1.02 bits per heavy atom. The van der Waals surface area contributed by atoms with Crippen molar-refractivity contribution in [3.63, 3.8) is 0 Å². The fourth-order valence-corrected chi connectivity index (χ4v) is 6.15. The van der Waals surface area contributed by atoms with Gasteiger partial charge in [0.25, 0.3) is 10.6 Å². The SMILES string of the molecule is O=[N+]([O-])c1cccc(Nc2cc[n+](C(Br)CCCCCCCCCC(Br)[n+]3ccc(Nc4cccc([N+](=O)O)c4)cc3)cc2)c1. The molecular formula is C33H39Br2N6O4+3. The van der Waals surface area contributed by atoms with Gasteiger partial charge in [0, 0.05) is 72.7 Å². The Bertz CT molecular complexity index is 1420.